The molecule has 0 rings (SSSR count). The van der Waals surface area contributed by atoms with Crippen molar-refractivity contribution in [2.75, 3.05) is 13.2 Å². The number of hydrogen-bond donors (Lipinski definition) is 3. The van der Waals surface area contributed by atoms with Crippen LogP contribution in [-0.2, 0) is 0 Å². The first-order valence-electron chi connectivity index (χ1n) is 4.26. The van der Waals surface area contributed by atoms with Crippen LogP contribution in [0.15, 0.2) is 0 Å². The quantitative estimate of drug-likeness (QED) is 0.518. The Balaban J connectivity index is 3.34. The number of aliphatic hydroxyl groups is 2. The van der Waals surface area contributed by atoms with Gasteiger partial charge in [-0.15, -0.1) is 0 Å². The van der Waals surface area contributed by atoms with Crippen molar-refractivity contribution in [2.45, 2.75) is 38.8 Å². The molecule has 0 fully saturated rings. The van der Waals surface area contributed by atoms with E-state index in [1.54, 1.807) is 0 Å². The Hall–Kier alpha value is -0.120. The summed E-state index contributed by atoms with van der Waals surface area (Å²) < 4.78 is 0. The summed E-state index contributed by atoms with van der Waals surface area (Å²) in [6.45, 7) is 4.54. The molecule has 0 saturated carbocycles. The van der Waals surface area contributed by atoms with Crippen molar-refractivity contribution in [3.63, 3.8) is 0 Å². The maximum absolute atomic E-state index is 8.99. The van der Waals surface area contributed by atoms with E-state index < -0.39 is 6.10 Å². The molecule has 0 aliphatic carbocycles. The minimum Gasteiger partial charge on any atom is -0.394 e. The van der Waals surface area contributed by atoms with Gasteiger partial charge >= 0.3 is 0 Å². The molecule has 68 valence electrons. The van der Waals surface area contributed by atoms with Crippen LogP contribution < -0.4 is 5.32 Å². The first-order valence-corrected chi connectivity index (χ1v) is 4.26. The molecule has 0 aromatic heterocycles. The lowest BCUT2D eigenvalue weighted by atomic mass is 10.1. The van der Waals surface area contributed by atoms with Gasteiger partial charge in [-0.2, -0.15) is 0 Å². The zero-order chi connectivity index (χ0) is 8.69. The molecule has 0 spiro atoms. The first-order chi connectivity index (χ1) is 5.24. The number of rotatable bonds is 6. The second-order valence-corrected chi connectivity index (χ2v) is 2.76. The third-order valence-electron chi connectivity index (χ3n) is 1.84. The van der Waals surface area contributed by atoms with Gasteiger partial charge in [-0.3, -0.25) is 0 Å². The summed E-state index contributed by atoms with van der Waals surface area (Å²) in [7, 11) is 0. The molecule has 0 amide bonds. The maximum Gasteiger partial charge on any atom is 0.0895 e. The van der Waals surface area contributed by atoms with Crippen molar-refractivity contribution < 1.29 is 10.2 Å². The van der Waals surface area contributed by atoms with Crippen LogP contribution in [0.4, 0.5) is 0 Å². The Morgan fingerprint density at radius 2 is 1.82 bits per heavy atom. The zero-order valence-electron chi connectivity index (χ0n) is 7.38. The van der Waals surface area contributed by atoms with E-state index in [4.69, 9.17) is 10.2 Å². The molecule has 0 heterocycles. The fraction of sp³-hybridized carbons (Fsp3) is 1.00. The highest BCUT2D eigenvalue weighted by atomic mass is 16.3. The summed E-state index contributed by atoms with van der Waals surface area (Å²) in [4.78, 5) is 0. The summed E-state index contributed by atoms with van der Waals surface area (Å²) in [5, 5.41) is 20.6. The molecule has 1 atom stereocenters. The number of aliphatic hydroxyl groups excluding tert-OH is 2. The van der Waals surface area contributed by atoms with Crippen molar-refractivity contribution in [3.8, 4) is 0 Å². The molecule has 0 aromatic carbocycles. The van der Waals surface area contributed by atoms with Crippen molar-refractivity contribution >= 4 is 0 Å². The van der Waals surface area contributed by atoms with Gasteiger partial charge in [-0.25, -0.2) is 0 Å². The Morgan fingerprint density at radius 3 is 2.18 bits per heavy atom. The van der Waals surface area contributed by atoms with Gasteiger partial charge in [-0.05, 0) is 12.8 Å². The first kappa shape index (κ1) is 10.9. The van der Waals surface area contributed by atoms with Gasteiger partial charge in [0.05, 0.1) is 12.7 Å². The van der Waals surface area contributed by atoms with Crippen molar-refractivity contribution in [1.82, 2.24) is 5.32 Å². The van der Waals surface area contributed by atoms with Gasteiger partial charge in [0, 0.05) is 12.6 Å². The van der Waals surface area contributed by atoms with Crippen LogP contribution >= 0.6 is 0 Å². The molecule has 3 nitrogen and oxygen atoms in total. The topological polar surface area (TPSA) is 52.5 Å². The van der Waals surface area contributed by atoms with E-state index in [0.717, 1.165) is 12.8 Å². The minimum atomic E-state index is -0.615. The van der Waals surface area contributed by atoms with Crippen molar-refractivity contribution in [3.05, 3.63) is 0 Å². The Bertz CT molecular complexity index is 84.2. The standard InChI is InChI=1S/C8H19NO2/c1-3-7(4-2)9-5-8(11)6-10/h7-11H,3-6H2,1-2H3/t8-/m0/s1. The van der Waals surface area contributed by atoms with Crippen LogP contribution in [0.5, 0.6) is 0 Å². The van der Waals surface area contributed by atoms with E-state index in [2.05, 4.69) is 19.2 Å². The van der Waals surface area contributed by atoms with Gasteiger partial charge in [0.2, 0.25) is 0 Å². The minimum absolute atomic E-state index is 0.160. The van der Waals surface area contributed by atoms with Crippen LogP contribution in [0.3, 0.4) is 0 Å². The van der Waals surface area contributed by atoms with Crippen LogP contribution in [0.1, 0.15) is 26.7 Å². The van der Waals surface area contributed by atoms with E-state index >= 15 is 0 Å². The van der Waals surface area contributed by atoms with E-state index in [0.29, 0.717) is 12.6 Å². The highest BCUT2D eigenvalue weighted by molar-refractivity contribution is 4.65. The maximum atomic E-state index is 8.99. The highest BCUT2D eigenvalue weighted by Gasteiger charge is 2.05. The Kier molecular flexibility index (Phi) is 6.51. The Labute approximate surface area is 68.4 Å². The molecule has 11 heavy (non-hydrogen) atoms. The molecule has 0 radical (unpaired) electrons. The van der Waals surface area contributed by atoms with Crippen molar-refractivity contribution in [1.29, 1.82) is 0 Å². The molecular weight excluding hydrogens is 142 g/mol. The molecule has 0 aliphatic rings. The van der Waals surface area contributed by atoms with Gasteiger partial charge in [-0.1, -0.05) is 13.8 Å². The third-order valence-corrected chi connectivity index (χ3v) is 1.84. The van der Waals surface area contributed by atoms with E-state index in [1.807, 2.05) is 0 Å². The molecule has 3 N–H and O–H groups in total. The lowest BCUT2D eigenvalue weighted by molar-refractivity contribution is 0.0916. The van der Waals surface area contributed by atoms with Gasteiger partial charge in [0.25, 0.3) is 0 Å². The zero-order valence-corrected chi connectivity index (χ0v) is 7.38. The average molecular weight is 161 g/mol. The lowest BCUT2D eigenvalue weighted by Crippen LogP contribution is -2.36. The molecule has 3 heteroatoms. The molecule has 0 saturated heterocycles. The second kappa shape index (κ2) is 6.58. The van der Waals surface area contributed by atoms with Gasteiger partial charge in [0.15, 0.2) is 0 Å². The fourth-order valence-corrected chi connectivity index (χ4v) is 0.945. The Morgan fingerprint density at radius 1 is 1.27 bits per heavy atom. The lowest BCUT2D eigenvalue weighted by Gasteiger charge is -2.16. The van der Waals surface area contributed by atoms with Crippen LogP contribution in [0, 0.1) is 0 Å². The largest absolute Gasteiger partial charge is 0.394 e. The monoisotopic (exact) mass is 161 g/mol. The fourth-order valence-electron chi connectivity index (χ4n) is 0.945. The van der Waals surface area contributed by atoms with Crippen LogP contribution in [-0.4, -0.2) is 35.5 Å². The van der Waals surface area contributed by atoms with Crippen LogP contribution in [0.2, 0.25) is 0 Å². The summed E-state index contributed by atoms with van der Waals surface area (Å²) in [6, 6.07) is 0.469. The average Bonchev–Trinajstić information content (AvgIpc) is 2.06. The summed E-state index contributed by atoms with van der Waals surface area (Å²) >= 11 is 0. The molecule has 0 aliphatic heterocycles. The summed E-state index contributed by atoms with van der Waals surface area (Å²) in [5.41, 5.74) is 0. The third kappa shape index (κ3) is 5.18. The molecule has 0 aromatic rings. The van der Waals surface area contributed by atoms with E-state index in [-0.39, 0.29) is 6.61 Å². The van der Waals surface area contributed by atoms with Crippen LogP contribution in [0.25, 0.3) is 0 Å². The summed E-state index contributed by atoms with van der Waals surface area (Å²) in [5.74, 6) is 0. The van der Waals surface area contributed by atoms with Gasteiger partial charge < -0.3 is 15.5 Å². The number of hydrogen-bond acceptors (Lipinski definition) is 3. The number of nitrogens with one attached hydrogen (secondary N) is 1. The highest BCUT2D eigenvalue weighted by Crippen LogP contribution is 1.95. The van der Waals surface area contributed by atoms with Gasteiger partial charge in [0.1, 0.15) is 0 Å². The predicted octanol–water partition coefficient (Wildman–Crippen LogP) is 0.118. The second-order valence-electron chi connectivity index (χ2n) is 2.76. The molecule has 0 unspecified atom stereocenters. The predicted molar refractivity (Wildman–Crippen MR) is 45.5 cm³/mol. The molecular formula is C8H19NO2. The SMILES string of the molecule is CCC(CC)NC[C@H](O)CO. The molecule has 0 bridgehead atoms. The van der Waals surface area contributed by atoms with Crippen molar-refractivity contribution in [2.24, 2.45) is 0 Å². The summed E-state index contributed by atoms with van der Waals surface area (Å²) in [6.07, 6.45) is 1.51. The smallest absolute Gasteiger partial charge is 0.0895 e. The normalized spacial score (nSPS) is 13.9. The van der Waals surface area contributed by atoms with E-state index in [1.165, 1.54) is 0 Å². The van der Waals surface area contributed by atoms with E-state index in [9.17, 15) is 0 Å².